The predicted octanol–water partition coefficient (Wildman–Crippen LogP) is -0.532. The lowest BCUT2D eigenvalue weighted by molar-refractivity contribution is -0.159. The van der Waals surface area contributed by atoms with Crippen LogP contribution in [0.3, 0.4) is 0 Å². The van der Waals surface area contributed by atoms with E-state index in [1.54, 1.807) is 7.11 Å². The molecule has 1 saturated heterocycles. The Morgan fingerprint density at radius 2 is 2.00 bits per heavy atom. The van der Waals surface area contributed by atoms with Crippen molar-refractivity contribution < 1.29 is 14.7 Å². The summed E-state index contributed by atoms with van der Waals surface area (Å²) in [6.07, 6.45) is 0. The molecule has 1 rings (SSSR count). The molecule has 0 amide bonds. The molecule has 14 heavy (non-hydrogen) atoms. The molecule has 0 saturated carbocycles. The molecule has 0 aromatic rings. The number of hydrogen-bond acceptors (Lipinski definition) is 5. The van der Waals surface area contributed by atoms with Crippen LogP contribution in [-0.4, -0.2) is 63.3 Å². The first kappa shape index (κ1) is 13.8. The summed E-state index contributed by atoms with van der Waals surface area (Å²) in [6, 6.07) is 0. The summed E-state index contributed by atoms with van der Waals surface area (Å²) in [4.78, 5) is 5.28. The Labute approximate surface area is 85.9 Å². The molecule has 1 fully saturated rings. The van der Waals surface area contributed by atoms with E-state index in [0.717, 1.165) is 32.8 Å². The van der Waals surface area contributed by atoms with Crippen LogP contribution in [0.25, 0.3) is 0 Å². The molecule has 0 bridgehead atoms. The lowest BCUT2D eigenvalue weighted by atomic mass is 10.4. The number of rotatable bonds is 4. The van der Waals surface area contributed by atoms with Gasteiger partial charge in [0.2, 0.25) is 0 Å². The minimum absolute atomic E-state index is 0.122. The number of ether oxygens (including phenoxy) is 1. The fourth-order valence-corrected chi connectivity index (χ4v) is 1.05. The van der Waals surface area contributed by atoms with Crippen LogP contribution in [0.4, 0.5) is 0 Å². The summed E-state index contributed by atoms with van der Waals surface area (Å²) in [5.74, 6) is 0. The Hall–Kier alpha value is -0.200. The van der Waals surface area contributed by atoms with Gasteiger partial charge in [-0.25, -0.2) is 0 Å². The highest BCUT2D eigenvalue weighted by molar-refractivity contribution is 4.59. The summed E-state index contributed by atoms with van der Waals surface area (Å²) in [7, 11) is 1.55. The van der Waals surface area contributed by atoms with E-state index in [2.05, 4.69) is 10.1 Å². The predicted molar refractivity (Wildman–Crippen MR) is 55.0 cm³/mol. The number of nitrogens with one attached hydrogen (secondary N) is 1. The molecule has 0 aromatic heterocycles. The number of aliphatic hydroxyl groups is 1. The van der Waals surface area contributed by atoms with Gasteiger partial charge in [0.1, 0.15) is 0 Å². The quantitative estimate of drug-likeness (QED) is 0.647. The SMILES string of the molecule is CCON1CCNCC1.COCCO. The number of hydroxylamine groups is 2. The van der Waals surface area contributed by atoms with Crippen molar-refractivity contribution in [3.63, 3.8) is 0 Å². The zero-order valence-corrected chi connectivity index (χ0v) is 9.16. The van der Waals surface area contributed by atoms with Crippen LogP contribution in [-0.2, 0) is 9.57 Å². The standard InChI is InChI=1S/C6H14N2O.C3H8O2/c1-2-9-8-5-3-7-4-6-8;1-5-3-2-4/h7H,2-6H2,1H3;4H,2-3H2,1H3. The molecule has 0 unspecified atom stereocenters. The van der Waals surface area contributed by atoms with Gasteiger partial charge in [0, 0.05) is 33.3 Å². The highest BCUT2D eigenvalue weighted by Crippen LogP contribution is 1.91. The van der Waals surface area contributed by atoms with Crippen molar-refractivity contribution in [2.24, 2.45) is 0 Å². The molecule has 5 heteroatoms. The van der Waals surface area contributed by atoms with E-state index in [1.807, 2.05) is 12.0 Å². The molecule has 5 nitrogen and oxygen atoms in total. The molecule has 2 N–H and O–H groups in total. The smallest absolute Gasteiger partial charge is 0.0693 e. The van der Waals surface area contributed by atoms with Crippen LogP contribution in [0, 0.1) is 0 Å². The summed E-state index contributed by atoms with van der Waals surface area (Å²) in [6.45, 7) is 7.53. The summed E-state index contributed by atoms with van der Waals surface area (Å²) >= 11 is 0. The molecule has 0 aromatic carbocycles. The van der Waals surface area contributed by atoms with Crippen molar-refractivity contribution in [3.8, 4) is 0 Å². The average Bonchev–Trinajstić information content (AvgIpc) is 2.22. The maximum Gasteiger partial charge on any atom is 0.0693 e. The van der Waals surface area contributed by atoms with Crippen molar-refractivity contribution in [2.75, 3.05) is 53.1 Å². The van der Waals surface area contributed by atoms with E-state index in [-0.39, 0.29) is 6.61 Å². The van der Waals surface area contributed by atoms with Gasteiger partial charge in [-0.3, -0.25) is 4.84 Å². The van der Waals surface area contributed by atoms with Gasteiger partial charge in [-0.1, -0.05) is 0 Å². The third-order valence-electron chi connectivity index (χ3n) is 1.68. The van der Waals surface area contributed by atoms with Crippen LogP contribution in [0.5, 0.6) is 0 Å². The summed E-state index contributed by atoms with van der Waals surface area (Å²) < 4.78 is 4.44. The second kappa shape index (κ2) is 10.9. The number of aliphatic hydroxyl groups excluding tert-OH is 1. The Balaban J connectivity index is 0.000000292. The second-order valence-electron chi connectivity index (χ2n) is 2.81. The number of hydrogen-bond donors (Lipinski definition) is 2. The summed E-state index contributed by atoms with van der Waals surface area (Å²) in [5, 5.41) is 13.2. The van der Waals surface area contributed by atoms with Crippen LogP contribution in [0.1, 0.15) is 6.92 Å². The molecule has 0 aliphatic carbocycles. The van der Waals surface area contributed by atoms with E-state index < -0.39 is 0 Å². The van der Waals surface area contributed by atoms with Crippen molar-refractivity contribution in [1.82, 2.24) is 10.4 Å². The van der Waals surface area contributed by atoms with Crippen molar-refractivity contribution >= 4 is 0 Å². The highest BCUT2D eigenvalue weighted by Gasteiger charge is 2.07. The molecule has 1 heterocycles. The van der Waals surface area contributed by atoms with Gasteiger partial charge in [-0.05, 0) is 6.92 Å². The van der Waals surface area contributed by atoms with Crippen molar-refractivity contribution in [2.45, 2.75) is 6.92 Å². The molecule has 0 atom stereocenters. The molecule has 86 valence electrons. The van der Waals surface area contributed by atoms with E-state index >= 15 is 0 Å². The molecular formula is C9H22N2O3. The third-order valence-corrected chi connectivity index (χ3v) is 1.68. The van der Waals surface area contributed by atoms with Crippen molar-refractivity contribution in [3.05, 3.63) is 0 Å². The lowest BCUT2D eigenvalue weighted by Crippen LogP contribution is -2.43. The fourth-order valence-electron chi connectivity index (χ4n) is 1.05. The summed E-state index contributed by atoms with van der Waals surface area (Å²) in [5.41, 5.74) is 0. The number of methoxy groups -OCH3 is 1. The molecule has 0 radical (unpaired) electrons. The first-order valence-electron chi connectivity index (χ1n) is 5.03. The number of piperazine rings is 1. The number of nitrogens with zero attached hydrogens (tertiary/aromatic N) is 1. The van der Waals surface area contributed by atoms with E-state index in [0.29, 0.717) is 6.61 Å². The largest absolute Gasteiger partial charge is 0.394 e. The Morgan fingerprint density at radius 1 is 1.36 bits per heavy atom. The molecular weight excluding hydrogens is 184 g/mol. The average molecular weight is 206 g/mol. The van der Waals surface area contributed by atoms with Crippen LogP contribution < -0.4 is 5.32 Å². The minimum Gasteiger partial charge on any atom is -0.394 e. The monoisotopic (exact) mass is 206 g/mol. The van der Waals surface area contributed by atoms with Gasteiger partial charge in [0.05, 0.1) is 19.8 Å². The first-order chi connectivity index (χ1) is 6.85. The van der Waals surface area contributed by atoms with E-state index in [4.69, 9.17) is 9.94 Å². The maximum atomic E-state index is 7.94. The molecule has 1 aliphatic rings. The van der Waals surface area contributed by atoms with Gasteiger partial charge in [-0.2, -0.15) is 5.06 Å². The third kappa shape index (κ3) is 8.40. The Kier molecular flexibility index (Phi) is 10.7. The van der Waals surface area contributed by atoms with Gasteiger partial charge < -0.3 is 15.2 Å². The van der Waals surface area contributed by atoms with Crippen molar-refractivity contribution in [1.29, 1.82) is 0 Å². The zero-order valence-electron chi connectivity index (χ0n) is 9.16. The Bertz CT molecular complexity index is 103. The minimum atomic E-state index is 0.122. The van der Waals surface area contributed by atoms with Gasteiger partial charge in [0.25, 0.3) is 0 Å². The molecule has 1 aliphatic heterocycles. The van der Waals surface area contributed by atoms with Gasteiger partial charge in [-0.15, -0.1) is 0 Å². The van der Waals surface area contributed by atoms with Gasteiger partial charge in [0.15, 0.2) is 0 Å². The highest BCUT2D eigenvalue weighted by atomic mass is 16.7. The van der Waals surface area contributed by atoms with Crippen LogP contribution >= 0.6 is 0 Å². The Morgan fingerprint density at radius 3 is 2.36 bits per heavy atom. The fraction of sp³-hybridized carbons (Fsp3) is 1.00. The van der Waals surface area contributed by atoms with E-state index in [9.17, 15) is 0 Å². The van der Waals surface area contributed by atoms with Crippen LogP contribution in [0.2, 0.25) is 0 Å². The topological polar surface area (TPSA) is 54.0 Å². The lowest BCUT2D eigenvalue weighted by Gasteiger charge is -2.25. The van der Waals surface area contributed by atoms with Gasteiger partial charge >= 0.3 is 0 Å². The van der Waals surface area contributed by atoms with E-state index in [1.165, 1.54) is 0 Å². The zero-order chi connectivity index (χ0) is 10.6. The first-order valence-corrected chi connectivity index (χ1v) is 5.03. The molecule has 0 spiro atoms. The second-order valence-corrected chi connectivity index (χ2v) is 2.81. The normalized spacial score (nSPS) is 17.4. The maximum absolute atomic E-state index is 7.94. The van der Waals surface area contributed by atoms with Crippen LogP contribution in [0.15, 0.2) is 0 Å².